The lowest BCUT2D eigenvalue weighted by Crippen LogP contribution is -2.44. The van der Waals surface area contributed by atoms with E-state index in [1.807, 2.05) is 24.2 Å². The van der Waals surface area contributed by atoms with E-state index in [1.54, 1.807) is 18.5 Å². The lowest BCUT2D eigenvalue weighted by molar-refractivity contribution is 0.0594. The first-order valence-electron chi connectivity index (χ1n) is 7.81. The van der Waals surface area contributed by atoms with Crippen molar-refractivity contribution in [3.05, 3.63) is 42.2 Å². The Balaban J connectivity index is 1.68. The van der Waals surface area contributed by atoms with Gasteiger partial charge in [-0.05, 0) is 38.7 Å². The van der Waals surface area contributed by atoms with Crippen LogP contribution in [0.2, 0.25) is 0 Å². The monoisotopic (exact) mass is 299 g/mol. The highest BCUT2D eigenvalue weighted by molar-refractivity contribution is 5.94. The van der Waals surface area contributed by atoms with Crippen LogP contribution in [0.5, 0.6) is 0 Å². The van der Waals surface area contributed by atoms with E-state index in [0.29, 0.717) is 5.56 Å². The molecule has 22 heavy (non-hydrogen) atoms. The summed E-state index contributed by atoms with van der Waals surface area (Å²) in [6, 6.07) is 2.03. The molecular formula is C16H21N5O. The Morgan fingerprint density at radius 2 is 2.23 bits per heavy atom. The molecule has 0 N–H and O–H groups in total. The van der Waals surface area contributed by atoms with Gasteiger partial charge in [-0.25, -0.2) is 4.98 Å². The summed E-state index contributed by atoms with van der Waals surface area (Å²) in [5, 5.41) is 7.55. The molecule has 0 spiro atoms. The molecular weight excluding hydrogens is 278 g/mol. The van der Waals surface area contributed by atoms with E-state index < -0.39 is 0 Å². The average molecular weight is 299 g/mol. The second kappa shape index (κ2) is 6.68. The summed E-state index contributed by atoms with van der Waals surface area (Å²) in [6.45, 7) is 3.73. The van der Waals surface area contributed by atoms with E-state index >= 15 is 0 Å². The third-order valence-electron chi connectivity index (χ3n) is 4.35. The summed E-state index contributed by atoms with van der Waals surface area (Å²) >= 11 is 0. The predicted molar refractivity (Wildman–Crippen MR) is 82.3 cm³/mol. The molecule has 0 aliphatic carbocycles. The van der Waals surface area contributed by atoms with Crippen LogP contribution >= 0.6 is 0 Å². The normalized spacial score (nSPS) is 18.4. The van der Waals surface area contributed by atoms with Gasteiger partial charge < -0.3 is 9.47 Å². The first-order chi connectivity index (χ1) is 10.8. The molecule has 0 saturated carbocycles. The van der Waals surface area contributed by atoms with Crippen molar-refractivity contribution in [2.75, 3.05) is 6.54 Å². The fraction of sp³-hybridized carbons (Fsp3) is 0.500. The molecule has 2 aromatic rings. The maximum absolute atomic E-state index is 12.7. The number of hydrogen-bond acceptors (Lipinski definition) is 4. The SMILES string of the molecule is Cc1nccn1CCC1CCCCN1C(=O)c1ccnnc1. The molecule has 116 valence electrons. The fourth-order valence-electron chi connectivity index (χ4n) is 3.08. The lowest BCUT2D eigenvalue weighted by Gasteiger charge is -2.36. The quantitative estimate of drug-likeness (QED) is 0.867. The summed E-state index contributed by atoms with van der Waals surface area (Å²) in [5.41, 5.74) is 0.626. The van der Waals surface area contributed by atoms with Gasteiger partial charge in [0, 0.05) is 31.5 Å². The topological polar surface area (TPSA) is 63.9 Å². The van der Waals surface area contributed by atoms with Crippen molar-refractivity contribution in [3.8, 4) is 0 Å². The van der Waals surface area contributed by atoms with E-state index in [4.69, 9.17) is 0 Å². The van der Waals surface area contributed by atoms with Crippen molar-refractivity contribution in [3.63, 3.8) is 0 Å². The summed E-state index contributed by atoms with van der Waals surface area (Å²) in [6.07, 6.45) is 11.2. The van der Waals surface area contributed by atoms with Crippen LogP contribution in [-0.2, 0) is 6.54 Å². The molecule has 1 amide bonds. The molecule has 1 atom stereocenters. The van der Waals surface area contributed by atoms with E-state index in [1.165, 1.54) is 6.42 Å². The van der Waals surface area contributed by atoms with Crippen molar-refractivity contribution in [1.29, 1.82) is 0 Å². The highest BCUT2D eigenvalue weighted by Gasteiger charge is 2.27. The smallest absolute Gasteiger partial charge is 0.255 e. The predicted octanol–water partition coefficient (Wildman–Crippen LogP) is 2.07. The number of carbonyl (C=O) groups is 1. The second-order valence-electron chi connectivity index (χ2n) is 5.74. The number of aryl methyl sites for hydroxylation is 2. The van der Waals surface area contributed by atoms with Crippen LogP contribution in [0.4, 0.5) is 0 Å². The van der Waals surface area contributed by atoms with Gasteiger partial charge in [-0.3, -0.25) is 4.79 Å². The van der Waals surface area contributed by atoms with Crippen molar-refractivity contribution in [2.24, 2.45) is 0 Å². The fourth-order valence-corrected chi connectivity index (χ4v) is 3.08. The Morgan fingerprint density at radius 1 is 1.32 bits per heavy atom. The number of nitrogens with zero attached hydrogens (tertiary/aromatic N) is 5. The van der Waals surface area contributed by atoms with Gasteiger partial charge in [0.25, 0.3) is 5.91 Å². The molecule has 0 aromatic carbocycles. The van der Waals surface area contributed by atoms with Crippen LogP contribution < -0.4 is 0 Å². The molecule has 1 saturated heterocycles. The van der Waals surface area contributed by atoms with E-state index in [2.05, 4.69) is 19.7 Å². The number of amides is 1. The van der Waals surface area contributed by atoms with Gasteiger partial charge in [0.1, 0.15) is 5.82 Å². The largest absolute Gasteiger partial charge is 0.336 e. The highest BCUT2D eigenvalue weighted by atomic mass is 16.2. The Morgan fingerprint density at radius 3 is 2.95 bits per heavy atom. The Bertz CT molecular complexity index is 624. The molecule has 3 heterocycles. The summed E-state index contributed by atoms with van der Waals surface area (Å²) < 4.78 is 2.14. The molecule has 2 aromatic heterocycles. The van der Waals surface area contributed by atoms with Crippen molar-refractivity contribution in [2.45, 2.75) is 45.2 Å². The number of carbonyl (C=O) groups excluding carboxylic acids is 1. The number of likely N-dealkylation sites (tertiary alicyclic amines) is 1. The maximum atomic E-state index is 12.7. The molecule has 1 unspecified atom stereocenters. The van der Waals surface area contributed by atoms with Crippen LogP contribution in [0.25, 0.3) is 0 Å². The minimum Gasteiger partial charge on any atom is -0.336 e. The van der Waals surface area contributed by atoms with Crippen LogP contribution in [0.3, 0.4) is 0 Å². The number of aromatic nitrogens is 4. The van der Waals surface area contributed by atoms with Gasteiger partial charge in [-0.1, -0.05) is 0 Å². The Kier molecular flexibility index (Phi) is 4.46. The minimum absolute atomic E-state index is 0.0713. The van der Waals surface area contributed by atoms with E-state index in [-0.39, 0.29) is 11.9 Å². The van der Waals surface area contributed by atoms with Crippen LogP contribution in [0.15, 0.2) is 30.9 Å². The second-order valence-corrected chi connectivity index (χ2v) is 5.74. The van der Waals surface area contributed by atoms with Gasteiger partial charge in [0.15, 0.2) is 0 Å². The van der Waals surface area contributed by atoms with E-state index in [9.17, 15) is 4.79 Å². The van der Waals surface area contributed by atoms with Gasteiger partial charge in [-0.2, -0.15) is 10.2 Å². The van der Waals surface area contributed by atoms with Crippen molar-refractivity contribution >= 4 is 5.91 Å². The first-order valence-corrected chi connectivity index (χ1v) is 7.81. The van der Waals surface area contributed by atoms with Crippen molar-refractivity contribution < 1.29 is 4.79 Å². The maximum Gasteiger partial charge on any atom is 0.255 e. The number of imidazole rings is 1. The van der Waals surface area contributed by atoms with Crippen LogP contribution in [0.1, 0.15) is 41.9 Å². The molecule has 1 aliphatic rings. The molecule has 1 fully saturated rings. The van der Waals surface area contributed by atoms with Crippen LogP contribution in [0, 0.1) is 6.92 Å². The molecule has 1 aliphatic heterocycles. The highest BCUT2D eigenvalue weighted by Crippen LogP contribution is 2.22. The molecule has 3 rings (SSSR count). The number of piperidine rings is 1. The number of hydrogen-bond donors (Lipinski definition) is 0. The third kappa shape index (κ3) is 3.16. The zero-order chi connectivity index (χ0) is 15.4. The van der Waals surface area contributed by atoms with Gasteiger partial charge in [0.05, 0.1) is 18.0 Å². The standard InChI is InChI=1S/C16H21N5O/c1-13-17-8-11-20(13)10-6-15-4-2-3-9-21(15)16(22)14-5-7-18-19-12-14/h5,7-8,11-12,15H,2-4,6,9-10H2,1H3. The van der Waals surface area contributed by atoms with Gasteiger partial charge >= 0.3 is 0 Å². The van der Waals surface area contributed by atoms with Gasteiger partial charge in [-0.15, -0.1) is 0 Å². The first kappa shape index (κ1) is 14.7. The van der Waals surface area contributed by atoms with Gasteiger partial charge in [0.2, 0.25) is 0 Å². The molecule has 6 nitrogen and oxygen atoms in total. The zero-order valence-electron chi connectivity index (χ0n) is 12.9. The Hall–Kier alpha value is -2.24. The summed E-state index contributed by atoms with van der Waals surface area (Å²) in [5.74, 6) is 1.09. The Labute approximate surface area is 130 Å². The zero-order valence-corrected chi connectivity index (χ0v) is 12.9. The summed E-state index contributed by atoms with van der Waals surface area (Å²) in [7, 11) is 0. The van der Waals surface area contributed by atoms with Crippen molar-refractivity contribution in [1.82, 2.24) is 24.6 Å². The average Bonchev–Trinajstić information content (AvgIpc) is 2.98. The molecule has 0 bridgehead atoms. The molecule has 6 heteroatoms. The minimum atomic E-state index is 0.0713. The van der Waals surface area contributed by atoms with E-state index in [0.717, 1.165) is 38.2 Å². The number of rotatable bonds is 4. The third-order valence-corrected chi connectivity index (χ3v) is 4.35. The lowest BCUT2D eigenvalue weighted by atomic mass is 9.98. The van der Waals surface area contributed by atoms with Crippen LogP contribution in [-0.4, -0.2) is 43.1 Å². The summed E-state index contributed by atoms with van der Waals surface area (Å²) in [4.78, 5) is 18.9. The molecule has 0 radical (unpaired) electrons.